The number of phenolic OH excluding ortho intramolecular Hbond substituents is 1. The van der Waals surface area contributed by atoms with Crippen LogP contribution in [0.15, 0.2) is 47.6 Å². The van der Waals surface area contributed by atoms with Crippen LogP contribution >= 0.6 is 0 Å². The molecule has 1 atom stereocenters. The van der Waals surface area contributed by atoms with Crippen molar-refractivity contribution in [1.29, 1.82) is 0 Å². The summed E-state index contributed by atoms with van der Waals surface area (Å²) in [7, 11) is 0. The number of nitrogens with zero attached hydrogens (tertiary/aromatic N) is 1. The van der Waals surface area contributed by atoms with Crippen LogP contribution < -0.4 is 14.9 Å². The van der Waals surface area contributed by atoms with E-state index in [-0.39, 0.29) is 11.7 Å². The van der Waals surface area contributed by atoms with Crippen LogP contribution in [0, 0.1) is 6.92 Å². The molecule has 0 fully saturated rings. The van der Waals surface area contributed by atoms with E-state index in [9.17, 15) is 9.90 Å². The summed E-state index contributed by atoms with van der Waals surface area (Å²) in [4.78, 5) is 12.0. The van der Waals surface area contributed by atoms with Crippen molar-refractivity contribution in [2.24, 2.45) is 5.10 Å². The number of hydrogen-bond donors (Lipinski definition) is 2. The van der Waals surface area contributed by atoms with Gasteiger partial charge in [0.25, 0.3) is 5.91 Å². The lowest BCUT2D eigenvalue weighted by Gasteiger charge is -2.13. The van der Waals surface area contributed by atoms with Crippen molar-refractivity contribution >= 4 is 12.1 Å². The van der Waals surface area contributed by atoms with Crippen LogP contribution in [0.3, 0.4) is 0 Å². The Labute approximate surface area is 147 Å². The molecule has 0 saturated carbocycles. The molecule has 2 aromatic carbocycles. The first-order valence-corrected chi connectivity index (χ1v) is 8.01. The molecular formula is C19H22N2O4. The van der Waals surface area contributed by atoms with Crippen LogP contribution in [-0.2, 0) is 4.79 Å². The fourth-order valence-electron chi connectivity index (χ4n) is 2.09. The van der Waals surface area contributed by atoms with Gasteiger partial charge >= 0.3 is 0 Å². The number of benzene rings is 2. The summed E-state index contributed by atoms with van der Waals surface area (Å²) in [6.45, 7) is 5.88. The molecule has 0 radical (unpaired) electrons. The molecule has 2 rings (SSSR count). The van der Waals surface area contributed by atoms with Gasteiger partial charge in [-0.25, -0.2) is 5.43 Å². The number of aryl methyl sites for hydroxylation is 1. The Morgan fingerprint density at radius 3 is 2.84 bits per heavy atom. The van der Waals surface area contributed by atoms with E-state index >= 15 is 0 Å². The average molecular weight is 342 g/mol. The highest BCUT2D eigenvalue weighted by Crippen LogP contribution is 2.26. The molecule has 1 amide bonds. The Morgan fingerprint density at radius 1 is 1.32 bits per heavy atom. The zero-order chi connectivity index (χ0) is 18.2. The van der Waals surface area contributed by atoms with Crippen LogP contribution in [-0.4, -0.2) is 29.9 Å². The molecule has 0 heterocycles. The third kappa shape index (κ3) is 5.53. The van der Waals surface area contributed by atoms with Gasteiger partial charge in [-0.1, -0.05) is 12.1 Å². The van der Waals surface area contributed by atoms with E-state index in [0.717, 1.165) is 5.56 Å². The highest BCUT2D eigenvalue weighted by molar-refractivity contribution is 5.84. The third-order valence-electron chi connectivity index (χ3n) is 3.34. The zero-order valence-electron chi connectivity index (χ0n) is 14.5. The zero-order valence-corrected chi connectivity index (χ0v) is 14.5. The minimum atomic E-state index is -0.683. The molecule has 0 aliphatic rings. The number of amides is 1. The average Bonchev–Trinajstić information content (AvgIpc) is 2.58. The molecule has 6 nitrogen and oxygen atoms in total. The summed E-state index contributed by atoms with van der Waals surface area (Å²) in [5.41, 5.74) is 4.18. The van der Waals surface area contributed by atoms with Crippen molar-refractivity contribution < 1.29 is 19.4 Å². The van der Waals surface area contributed by atoms with Crippen molar-refractivity contribution in [3.63, 3.8) is 0 Å². The predicted molar refractivity (Wildman–Crippen MR) is 96.3 cm³/mol. The lowest BCUT2D eigenvalue weighted by molar-refractivity contribution is -0.127. The summed E-state index contributed by atoms with van der Waals surface area (Å²) in [5.74, 6) is 0.699. The molecule has 0 aliphatic heterocycles. The van der Waals surface area contributed by atoms with Crippen molar-refractivity contribution in [1.82, 2.24) is 5.43 Å². The Bertz CT molecular complexity index is 759. The van der Waals surface area contributed by atoms with Crippen LogP contribution in [0.25, 0.3) is 0 Å². The number of hydrogen-bond acceptors (Lipinski definition) is 5. The number of ether oxygens (including phenoxy) is 2. The second-order valence-corrected chi connectivity index (χ2v) is 5.47. The monoisotopic (exact) mass is 342 g/mol. The maximum Gasteiger partial charge on any atom is 0.280 e. The fraction of sp³-hybridized carbons (Fsp3) is 0.263. The quantitative estimate of drug-likeness (QED) is 0.599. The summed E-state index contributed by atoms with van der Waals surface area (Å²) in [6, 6.07) is 12.3. The molecule has 6 heteroatoms. The first-order valence-electron chi connectivity index (χ1n) is 8.01. The van der Waals surface area contributed by atoms with E-state index in [1.165, 1.54) is 12.3 Å². The number of hydrazone groups is 1. The van der Waals surface area contributed by atoms with Crippen molar-refractivity contribution in [2.75, 3.05) is 6.61 Å². The van der Waals surface area contributed by atoms with E-state index in [2.05, 4.69) is 10.5 Å². The first kappa shape index (κ1) is 18.3. The Balaban J connectivity index is 1.92. The maximum absolute atomic E-state index is 12.0. The smallest absolute Gasteiger partial charge is 0.280 e. The van der Waals surface area contributed by atoms with Gasteiger partial charge in [0, 0.05) is 0 Å². The van der Waals surface area contributed by atoms with Gasteiger partial charge in [0.05, 0.1) is 12.8 Å². The molecule has 0 saturated heterocycles. The molecule has 0 aromatic heterocycles. The number of carbonyl (C=O) groups excluding carboxylic acids is 1. The Morgan fingerprint density at radius 2 is 2.12 bits per heavy atom. The number of carbonyl (C=O) groups is 1. The van der Waals surface area contributed by atoms with Gasteiger partial charge in [0.15, 0.2) is 17.6 Å². The number of rotatable bonds is 7. The van der Waals surface area contributed by atoms with E-state index in [1.54, 1.807) is 25.1 Å². The summed E-state index contributed by atoms with van der Waals surface area (Å²) >= 11 is 0. The van der Waals surface area contributed by atoms with Gasteiger partial charge < -0.3 is 14.6 Å². The number of aromatic hydroxyl groups is 1. The Kier molecular flexibility index (Phi) is 6.39. The summed E-state index contributed by atoms with van der Waals surface area (Å²) in [5, 5.41) is 13.6. The largest absolute Gasteiger partial charge is 0.504 e. The van der Waals surface area contributed by atoms with Crippen molar-refractivity contribution in [2.45, 2.75) is 26.9 Å². The Hall–Kier alpha value is -3.02. The van der Waals surface area contributed by atoms with Gasteiger partial charge in [-0.05, 0) is 62.2 Å². The molecule has 1 unspecified atom stereocenters. The maximum atomic E-state index is 12.0. The van der Waals surface area contributed by atoms with Crippen molar-refractivity contribution in [3.05, 3.63) is 53.6 Å². The van der Waals surface area contributed by atoms with Gasteiger partial charge in [-0.15, -0.1) is 0 Å². The van der Waals surface area contributed by atoms with E-state index in [1.807, 2.05) is 32.0 Å². The number of phenols is 1. The van der Waals surface area contributed by atoms with Gasteiger partial charge in [-0.2, -0.15) is 5.10 Å². The lowest BCUT2D eigenvalue weighted by Crippen LogP contribution is -2.33. The predicted octanol–water partition coefficient (Wildman–Crippen LogP) is 3.02. The van der Waals surface area contributed by atoms with Crippen LogP contribution in [0.4, 0.5) is 0 Å². The van der Waals surface area contributed by atoms with E-state index in [0.29, 0.717) is 23.7 Å². The molecule has 25 heavy (non-hydrogen) atoms. The normalized spacial score (nSPS) is 12.0. The minimum absolute atomic E-state index is 0.0585. The molecule has 2 N–H and O–H groups in total. The van der Waals surface area contributed by atoms with E-state index in [4.69, 9.17) is 9.47 Å². The van der Waals surface area contributed by atoms with Crippen molar-refractivity contribution in [3.8, 4) is 17.2 Å². The summed E-state index contributed by atoms with van der Waals surface area (Å²) in [6.07, 6.45) is 0.789. The highest BCUT2D eigenvalue weighted by Gasteiger charge is 2.13. The second kappa shape index (κ2) is 8.73. The number of nitrogens with one attached hydrogen (secondary N) is 1. The molecule has 132 valence electrons. The van der Waals surface area contributed by atoms with E-state index < -0.39 is 6.10 Å². The molecular weight excluding hydrogens is 320 g/mol. The summed E-state index contributed by atoms with van der Waals surface area (Å²) < 4.78 is 10.9. The standard InChI is InChI=1S/C19H22N2O4/c1-4-24-18-11-15(8-9-17(18)22)12-20-21-19(23)14(3)25-16-7-5-6-13(2)10-16/h5-12,14,22H,4H2,1-3H3,(H,21,23). The van der Waals surface area contributed by atoms with Gasteiger partial charge in [-0.3, -0.25) is 4.79 Å². The SMILES string of the molecule is CCOc1cc(C=NNC(=O)C(C)Oc2cccc(C)c2)ccc1O. The van der Waals surface area contributed by atoms with Gasteiger partial charge in [0.1, 0.15) is 5.75 Å². The minimum Gasteiger partial charge on any atom is -0.504 e. The van der Waals surface area contributed by atoms with Crippen LogP contribution in [0.1, 0.15) is 25.0 Å². The third-order valence-corrected chi connectivity index (χ3v) is 3.34. The van der Waals surface area contributed by atoms with Crippen LogP contribution in [0.2, 0.25) is 0 Å². The molecule has 2 aromatic rings. The van der Waals surface area contributed by atoms with Gasteiger partial charge in [0.2, 0.25) is 0 Å². The second-order valence-electron chi connectivity index (χ2n) is 5.47. The fourth-order valence-corrected chi connectivity index (χ4v) is 2.09. The lowest BCUT2D eigenvalue weighted by atomic mass is 10.2. The molecule has 0 aliphatic carbocycles. The van der Waals surface area contributed by atoms with Crippen LogP contribution in [0.5, 0.6) is 17.2 Å². The molecule has 0 spiro atoms. The first-order chi connectivity index (χ1) is 12.0. The molecule has 0 bridgehead atoms. The highest BCUT2D eigenvalue weighted by atomic mass is 16.5. The topological polar surface area (TPSA) is 80.2 Å².